The van der Waals surface area contributed by atoms with E-state index in [1.54, 1.807) is 18.3 Å². The summed E-state index contributed by atoms with van der Waals surface area (Å²) in [5.74, 6) is 1.04. The van der Waals surface area contributed by atoms with Gasteiger partial charge in [0, 0.05) is 10.0 Å². The third kappa shape index (κ3) is 5.95. The lowest BCUT2D eigenvalue weighted by molar-refractivity contribution is 0.0955. The minimum absolute atomic E-state index is 0.279. The van der Waals surface area contributed by atoms with Crippen LogP contribution >= 0.6 is 38.5 Å². The lowest BCUT2D eigenvalue weighted by Crippen LogP contribution is -2.17. The lowest BCUT2D eigenvalue weighted by atomic mass is 10.1. The van der Waals surface area contributed by atoms with E-state index in [-0.39, 0.29) is 5.91 Å². The first-order valence-electron chi connectivity index (χ1n) is 10.7. The minimum atomic E-state index is -0.279. The van der Waals surface area contributed by atoms with Crippen LogP contribution in [-0.2, 0) is 6.61 Å². The predicted octanol–water partition coefficient (Wildman–Crippen LogP) is 6.95. The van der Waals surface area contributed by atoms with Gasteiger partial charge in [-0.1, -0.05) is 58.4 Å². The highest BCUT2D eigenvalue weighted by atomic mass is 127. The third-order valence-electron chi connectivity index (χ3n) is 5.07. The fourth-order valence-electron chi connectivity index (χ4n) is 3.47. The van der Waals surface area contributed by atoms with Crippen LogP contribution in [0, 0.1) is 3.57 Å². The maximum absolute atomic E-state index is 12.3. The van der Waals surface area contributed by atoms with Crippen LogP contribution in [0.1, 0.15) is 28.4 Å². The van der Waals surface area contributed by atoms with E-state index in [9.17, 15) is 4.79 Å². The van der Waals surface area contributed by atoms with E-state index in [2.05, 4.69) is 73.3 Å². The Morgan fingerprint density at radius 1 is 1.03 bits per heavy atom. The zero-order valence-electron chi connectivity index (χ0n) is 18.4. The quantitative estimate of drug-likeness (QED) is 0.131. The van der Waals surface area contributed by atoms with E-state index in [0.717, 1.165) is 19.2 Å². The Bertz CT molecular complexity index is 1330. The highest BCUT2D eigenvalue weighted by Crippen LogP contribution is 2.35. The molecule has 0 aliphatic heterocycles. The van der Waals surface area contributed by atoms with E-state index < -0.39 is 0 Å². The van der Waals surface area contributed by atoms with Crippen LogP contribution in [0.15, 0.2) is 88.4 Å². The van der Waals surface area contributed by atoms with Gasteiger partial charge in [-0.05, 0) is 87.8 Å². The number of hydrazone groups is 1. The first-order chi connectivity index (χ1) is 16.5. The van der Waals surface area contributed by atoms with E-state index in [1.807, 2.05) is 49.4 Å². The van der Waals surface area contributed by atoms with Crippen molar-refractivity contribution in [1.82, 2.24) is 5.43 Å². The second-order valence-electron chi connectivity index (χ2n) is 7.40. The SMILES string of the molecule is CCOc1cc(/C=N\NC(=O)c2ccc(Br)cc2)cc(I)c1OCc1cccc2ccccc12. The van der Waals surface area contributed by atoms with Crippen LogP contribution in [0.3, 0.4) is 0 Å². The smallest absolute Gasteiger partial charge is 0.271 e. The molecule has 0 bridgehead atoms. The Labute approximate surface area is 220 Å². The summed E-state index contributed by atoms with van der Waals surface area (Å²) in [5, 5.41) is 6.45. The molecule has 4 aromatic rings. The minimum Gasteiger partial charge on any atom is -0.490 e. The summed E-state index contributed by atoms with van der Waals surface area (Å²) in [5.41, 5.74) is 4.99. The molecular formula is C27H22BrIN2O3. The molecule has 172 valence electrons. The summed E-state index contributed by atoms with van der Waals surface area (Å²) in [6.45, 7) is 2.86. The summed E-state index contributed by atoms with van der Waals surface area (Å²) in [6.07, 6.45) is 1.59. The fraction of sp³-hybridized carbons (Fsp3) is 0.111. The Morgan fingerprint density at radius 2 is 1.79 bits per heavy atom. The van der Waals surface area contributed by atoms with Crippen molar-refractivity contribution < 1.29 is 14.3 Å². The molecule has 5 nitrogen and oxygen atoms in total. The molecule has 4 rings (SSSR count). The number of carbonyl (C=O) groups is 1. The van der Waals surface area contributed by atoms with Crippen LogP contribution in [0.2, 0.25) is 0 Å². The Hall–Kier alpha value is -2.91. The third-order valence-corrected chi connectivity index (χ3v) is 6.40. The van der Waals surface area contributed by atoms with Crippen molar-refractivity contribution in [2.75, 3.05) is 6.61 Å². The number of carbonyl (C=O) groups excluding carboxylic acids is 1. The van der Waals surface area contributed by atoms with Crippen LogP contribution in [-0.4, -0.2) is 18.7 Å². The molecule has 34 heavy (non-hydrogen) atoms. The van der Waals surface area contributed by atoms with Gasteiger partial charge in [-0.2, -0.15) is 5.10 Å². The Morgan fingerprint density at radius 3 is 2.59 bits per heavy atom. The van der Waals surface area contributed by atoms with Crippen molar-refractivity contribution >= 4 is 61.4 Å². The number of fused-ring (bicyclic) bond motifs is 1. The maximum atomic E-state index is 12.3. The molecule has 0 radical (unpaired) electrons. The molecule has 0 saturated carbocycles. The number of halogens is 2. The van der Waals surface area contributed by atoms with E-state index >= 15 is 0 Å². The highest BCUT2D eigenvalue weighted by Gasteiger charge is 2.13. The van der Waals surface area contributed by atoms with Crippen molar-refractivity contribution in [1.29, 1.82) is 0 Å². The zero-order valence-corrected chi connectivity index (χ0v) is 22.2. The number of benzene rings is 4. The predicted molar refractivity (Wildman–Crippen MR) is 148 cm³/mol. The molecule has 0 heterocycles. The second-order valence-corrected chi connectivity index (χ2v) is 9.47. The molecule has 1 N–H and O–H groups in total. The number of amides is 1. The molecule has 0 spiro atoms. The average Bonchev–Trinajstić information content (AvgIpc) is 2.84. The molecule has 1 amide bonds. The zero-order chi connectivity index (χ0) is 23.9. The van der Waals surface area contributed by atoms with Crippen molar-refractivity contribution in [2.24, 2.45) is 5.10 Å². The molecule has 0 aliphatic rings. The van der Waals surface area contributed by atoms with E-state index in [0.29, 0.717) is 30.3 Å². The van der Waals surface area contributed by atoms with Crippen molar-refractivity contribution in [2.45, 2.75) is 13.5 Å². The summed E-state index contributed by atoms with van der Waals surface area (Å²) in [7, 11) is 0. The number of rotatable bonds is 8. The van der Waals surface area contributed by atoms with Crippen molar-refractivity contribution in [3.8, 4) is 11.5 Å². The second kappa shape index (κ2) is 11.5. The lowest BCUT2D eigenvalue weighted by Gasteiger charge is -2.15. The summed E-state index contributed by atoms with van der Waals surface area (Å²) < 4.78 is 13.9. The number of nitrogens with one attached hydrogen (secondary N) is 1. The van der Waals surface area contributed by atoms with Gasteiger partial charge in [0.25, 0.3) is 5.91 Å². The van der Waals surface area contributed by atoms with Crippen molar-refractivity contribution in [3.05, 3.63) is 104 Å². The number of hydrogen-bond acceptors (Lipinski definition) is 4. The van der Waals surface area contributed by atoms with Crippen LogP contribution in [0.4, 0.5) is 0 Å². The van der Waals surface area contributed by atoms with Gasteiger partial charge < -0.3 is 9.47 Å². The molecule has 0 saturated heterocycles. The van der Waals surface area contributed by atoms with Gasteiger partial charge in [0.2, 0.25) is 0 Å². The molecule has 0 aromatic heterocycles. The summed E-state index contributed by atoms with van der Waals surface area (Å²) >= 11 is 5.59. The first-order valence-corrected chi connectivity index (χ1v) is 12.6. The summed E-state index contributed by atoms with van der Waals surface area (Å²) in [6, 6.07) is 25.4. The monoisotopic (exact) mass is 628 g/mol. The van der Waals surface area contributed by atoms with Gasteiger partial charge in [0.1, 0.15) is 6.61 Å². The number of ether oxygens (including phenoxy) is 2. The molecule has 0 atom stereocenters. The van der Waals surface area contributed by atoms with E-state index in [1.165, 1.54) is 10.8 Å². The molecular weight excluding hydrogens is 607 g/mol. The van der Waals surface area contributed by atoms with E-state index in [4.69, 9.17) is 9.47 Å². The normalized spacial score (nSPS) is 11.0. The number of nitrogens with zero attached hydrogens (tertiary/aromatic N) is 1. The fourth-order valence-corrected chi connectivity index (χ4v) is 4.51. The summed E-state index contributed by atoms with van der Waals surface area (Å²) in [4.78, 5) is 12.3. The van der Waals surface area contributed by atoms with Gasteiger partial charge in [-0.15, -0.1) is 0 Å². The average molecular weight is 629 g/mol. The van der Waals surface area contributed by atoms with Gasteiger partial charge in [0.05, 0.1) is 16.4 Å². The van der Waals surface area contributed by atoms with Crippen molar-refractivity contribution in [3.63, 3.8) is 0 Å². The van der Waals surface area contributed by atoms with Gasteiger partial charge in [0.15, 0.2) is 11.5 Å². The number of hydrogen-bond donors (Lipinski definition) is 1. The first kappa shape index (κ1) is 24.2. The standard InChI is InChI=1S/C27H22BrIN2O3/c1-2-33-25-15-18(16-30-31-27(32)20-10-12-22(28)13-11-20)14-24(29)26(25)34-17-21-8-5-7-19-6-3-4-9-23(19)21/h3-16H,2,17H2,1H3,(H,31,32)/b30-16-. The molecule has 4 aromatic carbocycles. The Balaban J connectivity index is 1.50. The Kier molecular flexibility index (Phi) is 8.18. The van der Waals surface area contributed by atoms with Crippen LogP contribution < -0.4 is 14.9 Å². The molecule has 0 unspecified atom stereocenters. The molecule has 0 fully saturated rings. The topological polar surface area (TPSA) is 59.9 Å². The van der Waals surface area contributed by atoms with Gasteiger partial charge in [-0.25, -0.2) is 5.43 Å². The molecule has 0 aliphatic carbocycles. The van der Waals surface area contributed by atoms with Gasteiger partial charge >= 0.3 is 0 Å². The van der Waals surface area contributed by atoms with Crippen LogP contribution in [0.25, 0.3) is 10.8 Å². The highest BCUT2D eigenvalue weighted by molar-refractivity contribution is 14.1. The van der Waals surface area contributed by atoms with Gasteiger partial charge in [-0.3, -0.25) is 4.79 Å². The van der Waals surface area contributed by atoms with Crippen LogP contribution in [0.5, 0.6) is 11.5 Å². The molecule has 7 heteroatoms. The largest absolute Gasteiger partial charge is 0.490 e. The maximum Gasteiger partial charge on any atom is 0.271 e.